The highest BCUT2D eigenvalue weighted by atomic mass is 16.7. The van der Waals surface area contributed by atoms with Crippen molar-refractivity contribution in [3.05, 3.63) is 34.2 Å². The molecule has 1 saturated heterocycles. The average Bonchev–Trinajstić information content (AvgIpc) is 2.58. The number of aryl methyl sites for hydroxylation is 1. The van der Waals surface area contributed by atoms with Crippen molar-refractivity contribution in [3.63, 3.8) is 0 Å². The van der Waals surface area contributed by atoms with Crippen LogP contribution in [0.15, 0.2) is 27.6 Å². The summed E-state index contributed by atoms with van der Waals surface area (Å²) in [5, 5.41) is 48.7. The first-order chi connectivity index (χ1) is 11.8. The molecule has 0 saturated carbocycles. The minimum absolute atomic E-state index is 0.0229. The fourth-order valence-corrected chi connectivity index (χ4v) is 2.68. The second kappa shape index (κ2) is 6.62. The number of benzene rings is 1. The minimum atomic E-state index is -1.65. The molecule has 2 heterocycles. The molecule has 1 aliphatic rings. The standard InChI is InChI=1S/C16H18O9/c1-6-5-23-8-2-7(18)3-9(11(8)12(6)19)24-16-15(22)14(21)13(20)10(4-17)25-16/h2-3,5,10,13-18,20-22H,4H2,1H3/t10-,13-,14-,15-,16-/m0/s1. The predicted octanol–water partition coefficient (Wildman–Crippen LogP) is -1.01. The molecule has 0 radical (unpaired) electrons. The summed E-state index contributed by atoms with van der Waals surface area (Å²) in [6.45, 7) is 0.919. The number of fused-ring (bicyclic) bond motifs is 1. The summed E-state index contributed by atoms with van der Waals surface area (Å²) in [5.41, 5.74) is -0.0344. The number of aliphatic hydroxyl groups excluding tert-OH is 4. The van der Waals surface area contributed by atoms with Crippen LogP contribution in [-0.2, 0) is 4.74 Å². The number of hydrogen-bond donors (Lipinski definition) is 5. The monoisotopic (exact) mass is 354 g/mol. The molecule has 0 unspecified atom stereocenters. The third kappa shape index (κ3) is 3.08. The van der Waals surface area contributed by atoms with Gasteiger partial charge in [-0.3, -0.25) is 4.79 Å². The Bertz CT molecular complexity index is 828. The number of rotatable bonds is 3. The Balaban J connectivity index is 2.02. The Morgan fingerprint density at radius 2 is 1.88 bits per heavy atom. The van der Waals surface area contributed by atoms with Crippen molar-refractivity contribution in [3.8, 4) is 11.5 Å². The maximum atomic E-state index is 12.4. The van der Waals surface area contributed by atoms with Gasteiger partial charge in [0.15, 0.2) is 5.43 Å². The van der Waals surface area contributed by atoms with Crippen molar-refractivity contribution < 1.29 is 39.4 Å². The maximum absolute atomic E-state index is 12.4. The van der Waals surface area contributed by atoms with Gasteiger partial charge in [-0.15, -0.1) is 0 Å². The van der Waals surface area contributed by atoms with E-state index in [-0.39, 0.29) is 22.5 Å². The molecule has 5 N–H and O–H groups in total. The van der Waals surface area contributed by atoms with Gasteiger partial charge in [-0.25, -0.2) is 0 Å². The molecule has 1 aromatic carbocycles. The van der Waals surface area contributed by atoms with Crippen molar-refractivity contribution in [2.45, 2.75) is 37.6 Å². The second-order valence-electron chi connectivity index (χ2n) is 5.88. The predicted molar refractivity (Wildman–Crippen MR) is 83.3 cm³/mol. The van der Waals surface area contributed by atoms with Crippen LogP contribution in [-0.4, -0.2) is 62.8 Å². The SMILES string of the molecule is Cc1coc2cc(O)cc(O[C@H]3O[C@@H](CO)[C@H](O)[C@H](O)[C@@H]3O)c2c1=O. The van der Waals surface area contributed by atoms with E-state index < -0.39 is 42.7 Å². The second-order valence-corrected chi connectivity index (χ2v) is 5.88. The maximum Gasteiger partial charge on any atom is 0.229 e. The van der Waals surface area contributed by atoms with Crippen molar-refractivity contribution in [1.82, 2.24) is 0 Å². The zero-order chi connectivity index (χ0) is 18.3. The lowest BCUT2D eigenvalue weighted by Crippen LogP contribution is -2.60. The van der Waals surface area contributed by atoms with Crippen LogP contribution in [0.2, 0.25) is 0 Å². The van der Waals surface area contributed by atoms with Crippen LogP contribution in [0.3, 0.4) is 0 Å². The Morgan fingerprint density at radius 1 is 1.16 bits per heavy atom. The molecular formula is C16H18O9. The molecule has 1 aromatic heterocycles. The molecule has 9 nitrogen and oxygen atoms in total. The molecule has 136 valence electrons. The number of phenols is 1. The molecule has 0 bridgehead atoms. The summed E-state index contributed by atoms with van der Waals surface area (Å²) >= 11 is 0. The van der Waals surface area contributed by atoms with Gasteiger partial charge < -0.3 is 39.4 Å². The van der Waals surface area contributed by atoms with E-state index in [0.717, 1.165) is 6.07 Å². The lowest BCUT2D eigenvalue weighted by atomic mass is 9.99. The lowest BCUT2D eigenvalue weighted by molar-refractivity contribution is -0.277. The van der Waals surface area contributed by atoms with Crippen molar-refractivity contribution in [2.24, 2.45) is 0 Å². The first kappa shape index (κ1) is 17.6. The van der Waals surface area contributed by atoms with E-state index in [1.807, 2.05) is 0 Å². The molecule has 0 aliphatic carbocycles. The van der Waals surface area contributed by atoms with Gasteiger partial charge in [0.1, 0.15) is 46.9 Å². The highest BCUT2D eigenvalue weighted by molar-refractivity contribution is 5.85. The number of ether oxygens (including phenoxy) is 2. The van der Waals surface area contributed by atoms with E-state index in [1.54, 1.807) is 0 Å². The van der Waals surface area contributed by atoms with Crippen molar-refractivity contribution in [1.29, 1.82) is 0 Å². The molecule has 9 heteroatoms. The van der Waals surface area contributed by atoms with Crippen LogP contribution >= 0.6 is 0 Å². The Kier molecular flexibility index (Phi) is 4.67. The van der Waals surface area contributed by atoms with Gasteiger partial charge >= 0.3 is 0 Å². The van der Waals surface area contributed by atoms with E-state index in [4.69, 9.17) is 13.9 Å². The highest BCUT2D eigenvalue weighted by Gasteiger charge is 2.45. The minimum Gasteiger partial charge on any atom is -0.508 e. The van der Waals surface area contributed by atoms with Gasteiger partial charge in [0.2, 0.25) is 6.29 Å². The lowest BCUT2D eigenvalue weighted by Gasteiger charge is -2.39. The summed E-state index contributed by atoms with van der Waals surface area (Å²) in [4.78, 5) is 12.4. The molecule has 5 atom stereocenters. The Hall–Kier alpha value is -2.17. The number of hydrogen-bond acceptors (Lipinski definition) is 9. The Labute approximate surface area is 141 Å². The molecule has 0 spiro atoms. The average molecular weight is 354 g/mol. The zero-order valence-electron chi connectivity index (χ0n) is 13.2. The van der Waals surface area contributed by atoms with Crippen LogP contribution in [0, 0.1) is 6.92 Å². The topological polar surface area (TPSA) is 150 Å². The molecule has 1 fully saturated rings. The molecule has 1 aliphatic heterocycles. The van der Waals surface area contributed by atoms with E-state index in [0.29, 0.717) is 5.56 Å². The van der Waals surface area contributed by atoms with E-state index >= 15 is 0 Å². The molecule has 2 aromatic rings. The normalized spacial score (nSPS) is 29.7. The van der Waals surface area contributed by atoms with Crippen LogP contribution in [0.5, 0.6) is 11.5 Å². The summed E-state index contributed by atoms with van der Waals surface area (Å²) in [7, 11) is 0. The first-order valence-corrected chi connectivity index (χ1v) is 7.55. The summed E-state index contributed by atoms with van der Waals surface area (Å²) in [5.74, 6) is -0.379. The summed E-state index contributed by atoms with van der Waals surface area (Å²) < 4.78 is 16.0. The third-order valence-electron chi connectivity index (χ3n) is 4.09. The highest BCUT2D eigenvalue weighted by Crippen LogP contribution is 2.32. The fourth-order valence-electron chi connectivity index (χ4n) is 2.68. The van der Waals surface area contributed by atoms with Gasteiger partial charge in [0, 0.05) is 17.7 Å². The fraction of sp³-hybridized carbons (Fsp3) is 0.438. The molecular weight excluding hydrogens is 336 g/mol. The van der Waals surface area contributed by atoms with E-state index in [9.17, 15) is 30.3 Å². The first-order valence-electron chi connectivity index (χ1n) is 7.55. The van der Waals surface area contributed by atoms with E-state index in [1.165, 1.54) is 19.3 Å². The van der Waals surface area contributed by atoms with Crippen LogP contribution in [0.1, 0.15) is 5.56 Å². The largest absolute Gasteiger partial charge is 0.508 e. The van der Waals surface area contributed by atoms with Crippen molar-refractivity contribution >= 4 is 11.0 Å². The van der Waals surface area contributed by atoms with Gasteiger partial charge in [-0.05, 0) is 6.92 Å². The zero-order valence-corrected chi connectivity index (χ0v) is 13.2. The third-order valence-corrected chi connectivity index (χ3v) is 4.09. The number of phenolic OH excluding ortho intramolecular Hbond substituents is 1. The van der Waals surface area contributed by atoms with Crippen LogP contribution in [0.4, 0.5) is 0 Å². The van der Waals surface area contributed by atoms with Crippen LogP contribution < -0.4 is 10.2 Å². The molecule has 3 rings (SSSR count). The van der Waals surface area contributed by atoms with Gasteiger partial charge in [0.25, 0.3) is 0 Å². The Morgan fingerprint density at radius 3 is 2.56 bits per heavy atom. The van der Waals surface area contributed by atoms with Gasteiger partial charge in [-0.1, -0.05) is 0 Å². The number of aromatic hydroxyl groups is 1. The smallest absolute Gasteiger partial charge is 0.229 e. The molecule has 25 heavy (non-hydrogen) atoms. The van der Waals surface area contributed by atoms with Gasteiger partial charge in [0.05, 0.1) is 12.9 Å². The van der Waals surface area contributed by atoms with Gasteiger partial charge in [-0.2, -0.15) is 0 Å². The number of aliphatic hydroxyl groups is 4. The quantitative estimate of drug-likeness (QED) is 0.467. The summed E-state index contributed by atoms with van der Waals surface area (Å²) in [6.07, 6.45) is -6.22. The summed E-state index contributed by atoms with van der Waals surface area (Å²) in [6, 6.07) is 2.37. The molecule has 0 amide bonds. The van der Waals surface area contributed by atoms with Crippen molar-refractivity contribution in [2.75, 3.05) is 6.61 Å². The van der Waals surface area contributed by atoms with E-state index in [2.05, 4.69) is 0 Å². The van der Waals surface area contributed by atoms with Crippen LogP contribution in [0.25, 0.3) is 11.0 Å².